The van der Waals surface area contributed by atoms with Gasteiger partial charge < -0.3 is 0 Å². The summed E-state index contributed by atoms with van der Waals surface area (Å²) < 4.78 is 4.75. The first-order valence-electron chi connectivity index (χ1n) is 10.3. The summed E-state index contributed by atoms with van der Waals surface area (Å²) in [5.74, 6) is 0.706. The Morgan fingerprint density at radius 1 is 1.00 bits per heavy atom. The van der Waals surface area contributed by atoms with Gasteiger partial charge in [0.25, 0.3) is 5.65 Å². The van der Waals surface area contributed by atoms with E-state index in [0.29, 0.717) is 5.92 Å². The van der Waals surface area contributed by atoms with Gasteiger partial charge in [-0.25, -0.2) is 4.57 Å². The number of hydrogen-bond acceptors (Lipinski definition) is 1. The molecule has 1 aliphatic rings. The van der Waals surface area contributed by atoms with Crippen LogP contribution in [0.1, 0.15) is 42.7 Å². The molecule has 6 rings (SSSR count). The number of aromatic nitrogens is 3. The van der Waals surface area contributed by atoms with Crippen LogP contribution in [0.3, 0.4) is 0 Å². The zero-order valence-electron chi connectivity index (χ0n) is 16.4. The fourth-order valence-corrected chi connectivity index (χ4v) is 5.33. The molecule has 0 amide bonds. The number of hydrogen-bond donors (Lipinski definition) is 0. The molecule has 5 aromatic rings. The Bertz CT molecular complexity index is 1390. The van der Waals surface area contributed by atoms with Crippen LogP contribution in [0.4, 0.5) is 0 Å². The van der Waals surface area contributed by atoms with Crippen LogP contribution in [0.25, 0.3) is 38.5 Å². The zero-order chi connectivity index (χ0) is 18.8. The molecule has 3 aromatic heterocycles. The van der Waals surface area contributed by atoms with Crippen molar-refractivity contribution in [2.24, 2.45) is 7.05 Å². The third kappa shape index (κ3) is 2.05. The lowest BCUT2D eigenvalue weighted by Crippen LogP contribution is -2.27. The highest BCUT2D eigenvalue weighted by molar-refractivity contribution is 6.11. The lowest BCUT2D eigenvalue weighted by molar-refractivity contribution is -0.617. The van der Waals surface area contributed by atoms with Crippen LogP contribution in [-0.2, 0) is 7.05 Å². The minimum absolute atomic E-state index is 0.706. The Morgan fingerprint density at radius 3 is 2.68 bits per heavy atom. The largest absolute Gasteiger partial charge is 0.297 e. The quantitative estimate of drug-likeness (QED) is 0.280. The molecule has 0 unspecified atom stereocenters. The van der Waals surface area contributed by atoms with E-state index < -0.39 is 0 Å². The normalized spacial score (nSPS) is 15.5. The summed E-state index contributed by atoms with van der Waals surface area (Å²) in [6.45, 7) is 2.20. The Labute approximate surface area is 164 Å². The van der Waals surface area contributed by atoms with Crippen LogP contribution in [0, 0.1) is 6.92 Å². The lowest BCUT2D eigenvalue weighted by Gasteiger charge is -2.12. The van der Waals surface area contributed by atoms with E-state index in [4.69, 9.17) is 4.98 Å². The van der Waals surface area contributed by atoms with Crippen molar-refractivity contribution >= 4 is 38.5 Å². The van der Waals surface area contributed by atoms with E-state index in [0.717, 1.165) is 5.52 Å². The van der Waals surface area contributed by atoms with Gasteiger partial charge in [0, 0.05) is 11.6 Å². The zero-order valence-corrected chi connectivity index (χ0v) is 16.4. The number of fused-ring (bicyclic) bond motifs is 8. The third-order valence-corrected chi connectivity index (χ3v) is 6.74. The minimum atomic E-state index is 0.706. The van der Waals surface area contributed by atoms with Gasteiger partial charge in [-0.2, -0.15) is 4.40 Å². The second kappa shape index (κ2) is 5.78. The smallest absolute Gasteiger partial charge is 0.255 e. The van der Waals surface area contributed by atoms with E-state index in [9.17, 15) is 0 Å². The molecule has 0 bridgehead atoms. The van der Waals surface area contributed by atoms with Crippen LogP contribution in [0.5, 0.6) is 0 Å². The molecule has 138 valence electrons. The number of para-hydroxylation sites is 2. The van der Waals surface area contributed by atoms with Gasteiger partial charge in [-0.15, -0.1) is 0 Å². The highest BCUT2D eigenvalue weighted by Gasteiger charge is 2.25. The molecule has 0 saturated heterocycles. The van der Waals surface area contributed by atoms with E-state index >= 15 is 0 Å². The Kier molecular flexibility index (Phi) is 3.31. The summed E-state index contributed by atoms with van der Waals surface area (Å²) in [6.07, 6.45) is 7.31. The van der Waals surface area contributed by atoms with Crippen LogP contribution in [0.2, 0.25) is 0 Å². The van der Waals surface area contributed by atoms with Crippen molar-refractivity contribution in [3.63, 3.8) is 0 Å². The number of benzene rings is 2. The maximum atomic E-state index is 4.87. The fraction of sp³-hybridized carbons (Fsp3) is 0.280. The van der Waals surface area contributed by atoms with Crippen molar-refractivity contribution < 1.29 is 4.57 Å². The van der Waals surface area contributed by atoms with Crippen LogP contribution >= 0.6 is 0 Å². The monoisotopic (exact) mass is 366 g/mol. The van der Waals surface area contributed by atoms with Crippen molar-refractivity contribution in [1.82, 2.24) is 9.38 Å². The predicted octanol–water partition coefficient (Wildman–Crippen LogP) is 5.58. The van der Waals surface area contributed by atoms with Crippen LogP contribution in [0.15, 0.2) is 54.7 Å². The molecule has 3 heteroatoms. The summed E-state index contributed by atoms with van der Waals surface area (Å²) >= 11 is 0. The molecule has 0 spiro atoms. The fourth-order valence-electron chi connectivity index (χ4n) is 5.33. The summed E-state index contributed by atoms with van der Waals surface area (Å²) in [5.41, 5.74) is 8.86. The van der Waals surface area contributed by atoms with E-state index in [1.165, 1.54) is 69.8 Å². The van der Waals surface area contributed by atoms with Gasteiger partial charge in [-0.1, -0.05) is 31.0 Å². The highest BCUT2D eigenvalue weighted by atomic mass is 15.1. The molecule has 1 fully saturated rings. The standard InChI is InChI=1S/C25H24N3/c1-16-13-14-26-24-19-15-18(17-7-3-4-8-17)11-12-20(19)28-22-10-6-5-9-21(22)27(2)25(28)23(16)24/h5-6,9-15,17H,3-4,7-8H2,1-2H3/q+1. The van der Waals surface area contributed by atoms with Gasteiger partial charge in [-0.3, -0.25) is 4.98 Å². The molecule has 3 heterocycles. The first-order chi connectivity index (χ1) is 13.7. The molecule has 1 aliphatic carbocycles. The van der Waals surface area contributed by atoms with Crippen molar-refractivity contribution in [3.05, 3.63) is 65.9 Å². The average molecular weight is 366 g/mol. The van der Waals surface area contributed by atoms with E-state index in [1.54, 1.807) is 0 Å². The molecule has 0 radical (unpaired) electrons. The SMILES string of the molecule is Cc1ccnc2c3cc(C4CCCC4)ccc3n3c4ccccc4[n+](C)c3c12. The molecule has 0 atom stereocenters. The maximum absolute atomic E-state index is 4.87. The van der Waals surface area contributed by atoms with Gasteiger partial charge >= 0.3 is 0 Å². The highest BCUT2D eigenvalue weighted by Crippen LogP contribution is 2.38. The summed E-state index contributed by atoms with van der Waals surface area (Å²) in [7, 11) is 2.17. The Balaban J connectivity index is 1.87. The first-order valence-corrected chi connectivity index (χ1v) is 10.3. The number of imidazole rings is 1. The minimum Gasteiger partial charge on any atom is -0.255 e. The molecule has 28 heavy (non-hydrogen) atoms. The second-order valence-corrected chi connectivity index (χ2v) is 8.32. The van der Waals surface area contributed by atoms with E-state index in [-0.39, 0.29) is 0 Å². The topological polar surface area (TPSA) is 21.2 Å². The number of aryl methyl sites for hydroxylation is 2. The van der Waals surface area contributed by atoms with Crippen molar-refractivity contribution in [3.8, 4) is 0 Å². The average Bonchev–Trinajstić information content (AvgIpc) is 3.36. The van der Waals surface area contributed by atoms with Gasteiger partial charge in [0.2, 0.25) is 0 Å². The predicted molar refractivity (Wildman–Crippen MR) is 115 cm³/mol. The van der Waals surface area contributed by atoms with Gasteiger partial charge in [0.1, 0.15) is 5.52 Å². The summed E-state index contributed by atoms with van der Waals surface area (Å²) in [6, 6.07) is 17.9. The van der Waals surface area contributed by atoms with Gasteiger partial charge in [-0.05, 0) is 67.1 Å². The van der Waals surface area contributed by atoms with E-state index in [1.807, 2.05) is 6.20 Å². The van der Waals surface area contributed by atoms with Crippen LogP contribution in [-0.4, -0.2) is 9.38 Å². The first kappa shape index (κ1) is 16.1. The second-order valence-electron chi connectivity index (χ2n) is 8.32. The molecule has 1 saturated carbocycles. The van der Waals surface area contributed by atoms with Gasteiger partial charge in [0.15, 0.2) is 11.0 Å². The Hall–Kier alpha value is -2.94. The molecule has 0 N–H and O–H groups in total. The van der Waals surface area contributed by atoms with Crippen molar-refractivity contribution in [2.75, 3.05) is 0 Å². The van der Waals surface area contributed by atoms with E-state index in [2.05, 4.69) is 71.5 Å². The molecule has 2 aromatic carbocycles. The number of nitrogens with zero attached hydrogens (tertiary/aromatic N) is 3. The summed E-state index contributed by atoms with van der Waals surface area (Å²) in [5, 5.41) is 2.54. The van der Waals surface area contributed by atoms with Gasteiger partial charge in [0.05, 0.1) is 18.0 Å². The Morgan fingerprint density at radius 2 is 1.82 bits per heavy atom. The van der Waals surface area contributed by atoms with Crippen molar-refractivity contribution in [2.45, 2.75) is 38.5 Å². The van der Waals surface area contributed by atoms with Crippen molar-refractivity contribution in [1.29, 1.82) is 0 Å². The number of rotatable bonds is 1. The maximum Gasteiger partial charge on any atom is 0.297 e. The number of pyridine rings is 2. The summed E-state index contributed by atoms with van der Waals surface area (Å²) in [4.78, 5) is 4.87. The molecular formula is C25H24N3+. The molecular weight excluding hydrogens is 342 g/mol. The molecule has 0 aliphatic heterocycles. The lowest BCUT2D eigenvalue weighted by atomic mass is 9.95. The molecule has 3 nitrogen and oxygen atoms in total. The van der Waals surface area contributed by atoms with Crippen LogP contribution < -0.4 is 4.57 Å². The third-order valence-electron chi connectivity index (χ3n) is 6.74.